The van der Waals surface area contributed by atoms with Gasteiger partial charge >= 0.3 is 0 Å². The van der Waals surface area contributed by atoms with E-state index < -0.39 is 18.0 Å². The van der Waals surface area contributed by atoms with Gasteiger partial charge in [-0.25, -0.2) is 0 Å². The van der Waals surface area contributed by atoms with E-state index in [2.05, 4.69) is 0 Å². The summed E-state index contributed by atoms with van der Waals surface area (Å²) in [5, 5.41) is 19.0. The lowest BCUT2D eigenvalue weighted by atomic mass is 9.90. The first-order valence-electron chi connectivity index (χ1n) is 4.70. The largest absolute Gasteiger partial charge is 0.393 e. The Balaban J connectivity index is 2.10. The van der Waals surface area contributed by atoms with Crippen LogP contribution in [0.25, 0.3) is 0 Å². The van der Waals surface area contributed by atoms with Gasteiger partial charge in [-0.1, -0.05) is 0 Å². The predicted octanol–water partition coefficient (Wildman–Crippen LogP) is 0.0221. The summed E-state index contributed by atoms with van der Waals surface area (Å²) in [4.78, 5) is 0. The van der Waals surface area contributed by atoms with E-state index in [0.29, 0.717) is 12.8 Å². The van der Waals surface area contributed by atoms with Crippen LogP contribution in [0.15, 0.2) is 0 Å². The molecule has 2 aliphatic rings. The molecule has 4 atom stereocenters. The molecule has 0 aromatic carbocycles. The number of rotatable bonds is 0. The minimum Gasteiger partial charge on any atom is -0.393 e. The summed E-state index contributed by atoms with van der Waals surface area (Å²) < 4.78 is 11.1. The molecule has 1 heterocycles. The highest BCUT2D eigenvalue weighted by Gasteiger charge is 2.48. The molecule has 0 radical (unpaired) electrons. The molecule has 0 spiro atoms. The summed E-state index contributed by atoms with van der Waals surface area (Å²) in [6, 6.07) is 0. The molecule has 1 saturated carbocycles. The number of hydrogen-bond acceptors (Lipinski definition) is 4. The summed E-state index contributed by atoms with van der Waals surface area (Å²) in [6.07, 6.45) is -0.539. The van der Waals surface area contributed by atoms with Gasteiger partial charge < -0.3 is 19.7 Å². The van der Waals surface area contributed by atoms with E-state index in [0.717, 1.165) is 0 Å². The normalized spacial score (nSPS) is 48.9. The molecule has 0 amide bonds. The van der Waals surface area contributed by atoms with E-state index >= 15 is 0 Å². The molecule has 4 unspecified atom stereocenters. The maximum absolute atomic E-state index is 9.62. The number of fused-ring (bicyclic) bond motifs is 1. The molecule has 1 aliphatic heterocycles. The van der Waals surface area contributed by atoms with Gasteiger partial charge in [0.05, 0.1) is 18.3 Å². The molecule has 0 aromatic heterocycles. The fraction of sp³-hybridized carbons (Fsp3) is 1.00. The van der Waals surface area contributed by atoms with Gasteiger partial charge in [-0.05, 0) is 13.8 Å². The molecule has 76 valence electrons. The highest BCUT2D eigenvalue weighted by Crippen LogP contribution is 2.36. The van der Waals surface area contributed by atoms with Gasteiger partial charge in [0.1, 0.15) is 6.10 Å². The molecule has 4 heteroatoms. The summed E-state index contributed by atoms with van der Waals surface area (Å²) in [5.41, 5.74) is 0. The van der Waals surface area contributed by atoms with Crippen LogP contribution < -0.4 is 0 Å². The van der Waals surface area contributed by atoms with Crippen LogP contribution in [-0.4, -0.2) is 40.4 Å². The van der Waals surface area contributed by atoms with Crippen molar-refractivity contribution in [2.75, 3.05) is 0 Å². The van der Waals surface area contributed by atoms with Crippen LogP contribution >= 0.6 is 0 Å². The van der Waals surface area contributed by atoms with Gasteiger partial charge in [-0.3, -0.25) is 0 Å². The van der Waals surface area contributed by atoms with E-state index in [-0.39, 0.29) is 12.2 Å². The van der Waals surface area contributed by atoms with Crippen molar-refractivity contribution < 1.29 is 19.7 Å². The van der Waals surface area contributed by atoms with Gasteiger partial charge in [-0.2, -0.15) is 0 Å². The minimum atomic E-state index is -0.625. The van der Waals surface area contributed by atoms with Crippen molar-refractivity contribution in [2.24, 2.45) is 0 Å². The maximum Gasteiger partial charge on any atom is 0.163 e. The fourth-order valence-electron chi connectivity index (χ4n) is 2.15. The second kappa shape index (κ2) is 2.92. The van der Waals surface area contributed by atoms with E-state index in [1.807, 2.05) is 13.8 Å². The van der Waals surface area contributed by atoms with Crippen molar-refractivity contribution in [1.29, 1.82) is 0 Å². The Morgan fingerprint density at radius 3 is 2.54 bits per heavy atom. The molecular weight excluding hydrogens is 172 g/mol. The third-order valence-corrected chi connectivity index (χ3v) is 2.62. The van der Waals surface area contributed by atoms with Crippen LogP contribution in [0, 0.1) is 0 Å². The Morgan fingerprint density at radius 2 is 1.85 bits per heavy atom. The highest BCUT2D eigenvalue weighted by molar-refractivity contribution is 4.93. The van der Waals surface area contributed by atoms with Gasteiger partial charge in [0, 0.05) is 12.8 Å². The van der Waals surface area contributed by atoms with Crippen LogP contribution in [0.3, 0.4) is 0 Å². The highest BCUT2D eigenvalue weighted by atomic mass is 16.8. The first-order valence-corrected chi connectivity index (χ1v) is 4.70. The van der Waals surface area contributed by atoms with E-state index in [1.165, 1.54) is 0 Å². The van der Waals surface area contributed by atoms with Crippen molar-refractivity contribution in [3.8, 4) is 0 Å². The average Bonchev–Trinajstić information content (AvgIpc) is 2.23. The van der Waals surface area contributed by atoms with Crippen molar-refractivity contribution >= 4 is 0 Å². The monoisotopic (exact) mass is 188 g/mol. The number of aliphatic hydroxyl groups is 2. The van der Waals surface area contributed by atoms with Crippen molar-refractivity contribution in [3.63, 3.8) is 0 Å². The summed E-state index contributed by atoms with van der Waals surface area (Å²) in [7, 11) is 0. The van der Waals surface area contributed by atoms with Gasteiger partial charge in [0.15, 0.2) is 5.79 Å². The summed E-state index contributed by atoms with van der Waals surface area (Å²) in [6.45, 7) is 3.65. The first kappa shape index (κ1) is 9.40. The minimum absolute atomic E-state index is 0.159. The van der Waals surface area contributed by atoms with Crippen molar-refractivity contribution in [2.45, 2.75) is 56.9 Å². The quantitative estimate of drug-likeness (QED) is 0.562. The zero-order valence-electron chi connectivity index (χ0n) is 7.93. The third kappa shape index (κ3) is 1.72. The lowest BCUT2D eigenvalue weighted by Gasteiger charge is -2.30. The summed E-state index contributed by atoms with van der Waals surface area (Å²) >= 11 is 0. The molecule has 0 bridgehead atoms. The molecule has 1 saturated heterocycles. The van der Waals surface area contributed by atoms with Crippen LogP contribution in [0.2, 0.25) is 0 Å². The number of ether oxygens (including phenoxy) is 2. The number of aliphatic hydroxyl groups excluding tert-OH is 2. The average molecular weight is 188 g/mol. The fourth-order valence-corrected chi connectivity index (χ4v) is 2.15. The Morgan fingerprint density at radius 1 is 1.15 bits per heavy atom. The molecule has 2 N–H and O–H groups in total. The lowest BCUT2D eigenvalue weighted by molar-refractivity contribution is -0.153. The first-order chi connectivity index (χ1) is 5.98. The summed E-state index contributed by atoms with van der Waals surface area (Å²) in [5.74, 6) is -0.625. The smallest absolute Gasteiger partial charge is 0.163 e. The van der Waals surface area contributed by atoms with Gasteiger partial charge in [0.25, 0.3) is 0 Å². The lowest BCUT2D eigenvalue weighted by Crippen LogP contribution is -2.44. The molecule has 0 aromatic rings. The second-order valence-electron chi connectivity index (χ2n) is 4.33. The molecule has 4 nitrogen and oxygen atoms in total. The van der Waals surface area contributed by atoms with E-state index in [4.69, 9.17) is 9.47 Å². The van der Waals surface area contributed by atoms with E-state index in [1.54, 1.807) is 0 Å². The maximum atomic E-state index is 9.62. The van der Waals surface area contributed by atoms with Crippen LogP contribution in [-0.2, 0) is 9.47 Å². The van der Waals surface area contributed by atoms with Crippen LogP contribution in [0.4, 0.5) is 0 Å². The second-order valence-corrected chi connectivity index (χ2v) is 4.33. The SMILES string of the molecule is CC1(C)OC2CC(O)CC(O)C2O1. The molecule has 1 aliphatic carbocycles. The topological polar surface area (TPSA) is 58.9 Å². The van der Waals surface area contributed by atoms with Gasteiger partial charge in [0.2, 0.25) is 0 Å². The Kier molecular flexibility index (Phi) is 2.11. The molecule has 13 heavy (non-hydrogen) atoms. The predicted molar refractivity (Wildman–Crippen MR) is 45.1 cm³/mol. The molecule has 2 rings (SSSR count). The van der Waals surface area contributed by atoms with E-state index in [9.17, 15) is 10.2 Å². The van der Waals surface area contributed by atoms with Crippen molar-refractivity contribution in [3.05, 3.63) is 0 Å². The molecular formula is C9H16O4. The van der Waals surface area contributed by atoms with Crippen LogP contribution in [0.1, 0.15) is 26.7 Å². The van der Waals surface area contributed by atoms with Crippen molar-refractivity contribution in [1.82, 2.24) is 0 Å². The van der Waals surface area contributed by atoms with Gasteiger partial charge in [-0.15, -0.1) is 0 Å². The Hall–Kier alpha value is -0.160. The zero-order chi connectivity index (χ0) is 9.64. The van der Waals surface area contributed by atoms with Crippen LogP contribution in [0.5, 0.6) is 0 Å². The molecule has 2 fully saturated rings. The standard InChI is InChI=1S/C9H16O4/c1-9(2)12-7-4-5(10)3-6(11)8(7)13-9/h5-8,10-11H,3-4H2,1-2H3. The number of hydrogen-bond donors (Lipinski definition) is 2. The Bertz CT molecular complexity index is 204. The zero-order valence-corrected chi connectivity index (χ0v) is 7.93. The third-order valence-electron chi connectivity index (χ3n) is 2.62. The Labute approximate surface area is 77.5 Å².